The summed E-state index contributed by atoms with van der Waals surface area (Å²) in [7, 11) is 1.63. The number of rotatable bonds is 7. The standard InChI is InChI=1S/C8H19NO4/c1-6(10)3-4-13-5-7(9-2)8(11)12/h6-12H,3-5H2,1-2H3/t6-,7-/m0/s1. The highest BCUT2D eigenvalue weighted by atomic mass is 16.5. The Balaban J connectivity index is 3.39. The summed E-state index contributed by atoms with van der Waals surface area (Å²) >= 11 is 0. The Morgan fingerprint density at radius 2 is 1.92 bits per heavy atom. The summed E-state index contributed by atoms with van der Waals surface area (Å²) in [4.78, 5) is 0. The van der Waals surface area contributed by atoms with Crippen LogP contribution < -0.4 is 5.32 Å². The van der Waals surface area contributed by atoms with Crippen molar-refractivity contribution in [3.63, 3.8) is 0 Å². The van der Waals surface area contributed by atoms with E-state index in [0.717, 1.165) is 0 Å². The summed E-state index contributed by atoms with van der Waals surface area (Å²) in [5.74, 6) is 0. The lowest BCUT2D eigenvalue weighted by molar-refractivity contribution is -0.0847. The molecule has 2 atom stereocenters. The number of ether oxygens (including phenoxy) is 1. The fourth-order valence-electron chi connectivity index (χ4n) is 0.783. The van der Waals surface area contributed by atoms with Gasteiger partial charge in [0.05, 0.1) is 18.8 Å². The average Bonchev–Trinajstić information content (AvgIpc) is 2.03. The Hall–Kier alpha value is -0.200. The van der Waals surface area contributed by atoms with Gasteiger partial charge in [-0.1, -0.05) is 0 Å². The first-order valence-electron chi connectivity index (χ1n) is 4.37. The highest BCUT2D eigenvalue weighted by molar-refractivity contribution is 4.64. The molecule has 0 fully saturated rings. The van der Waals surface area contributed by atoms with Gasteiger partial charge in [-0.25, -0.2) is 0 Å². The van der Waals surface area contributed by atoms with Crippen molar-refractivity contribution in [3.05, 3.63) is 0 Å². The van der Waals surface area contributed by atoms with Crippen molar-refractivity contribution in [3.8, 4) is 0 Å². The van der Waals surface area contributed by atoms with E-state index in [2.05, 4.69) is 5.32 Å². The number of aliphatic hydroxyl groups excluding tert-OH is 2. The van der Waals surface area contributed by atoms with E-state index in [1.54, 1.807) is 14.0 Å². The van der Waals surface area contributed by atoms with E-state index < -0.39 is 12.3 Å². The van der Waals surface area contributed by atoms with E-state index in [0.29, 0.717) is 13.0 Å². The highest BCUT2D eigenvalue weighted by Gasteiger charge is 2.13. The molecule has 0 amide bonds. The maximum atomic E-state index is 8.89. The molecule has 5 heteroatoms. The van der Waals surface area contributed by atoms with E-state index in [4.69, 9.17) is 20.1 Å². The van der Waals surface area contributed by atoms with Crippen molar-refractivity contribution in [2.24, 2.45) is 0 Å². The fraction of sp³-hybridized carbons (Fsp3) is 1.00. The number of aliphatic hydroxyl groups is 3. The lowest BCUT2D eigenvalue weighted by Gasteiger charge is -2.18. The van der Waals surface area contributed by atoms with Crippen LogP contribution in [0.15, 0.2) is 0 Å². The molecule has 0 aromatic heterocycles. The first-order valence-corrected chi connectivity index (χ1v) is 4.37. The van der Waals surface area contributed by atoms with Gasteiger partial charge in [-0.2, -0.15) is 0 Å². The number of hydrogen-bond donors (Lipinski definition) is 4. The zero-order valence-corrected chi connectivity index (χ0v) is 8.10. The Kier molecular flexibility index (Phi) is 7.12. The molecule has 80 valence electrons. The van der Waals surface area contributed by atoms with Gasteiger partial charge in [0.2, 0.25) is 0 Å². The van der Waals surface area contributed by atoms with Crippen LogP contribution in [0.5, 0.6) is 0 Å². The second-order valence-corrected chi connectivity index (χ2v) is 3.02. The van der Waals surface area contributed by atoms with Gasteiger partial charge in [0.25, 0.3) is 0 Å². The average molecular weight is 193 g/mol. The van der Waals surface area contributed by atoms with E-state index in [1.165, 1.54) is 0 Å². The molecular weight excluding hydrogens is 174 g/mol. The zero-order valence-electron chi connectivity index (χ0n) is 8.10. The summed E-state index contributed by atoms with van der Waals surface area (Å²) in [6, 6.07) is -0.478. The molecule has 0 saturated carbocycles. The summed E-state index contributed by atoms with van der Waals surface area (Å²) < 4.78 is 5.12. The van der Waals surface area contributed by atoms with Gasteiger partial charge in [-0.05, 0) is 20.4 Å². The van der Waals surface area contributed by atoms with Crippen molar-refractivity contribution >= 4 is 0 Å². The van der Waals surface area contributed by atoms with Crippen molar-refractivity contribution in [2.45, 2.75) is 31.8 Å². The molecule has 0 bridgehead atoms. The van der Waals surface area contributed by atoms with Gasteiger partial charge < -0.3 is 25.4 Å². The topological polar surface area (TPSA) is 82.0 Å². The largest absolute Gasteiger partial charge is 0.393 e. The predicted molar refractivity (Wildman–Crippen MR) is 48.2 cm³/mol. The second kappa shape index (κ2) is 7.23. The Bertz CT molecular complexity index is 119. The lowest BCUT2D eigenvalue weighted by Crippen LogP contribution is -2.41. The van der Waals surface area contributed by atoms with Gasteiger partial charge in [0.1, 0.15) is 0 Å². The van der Waals surface area contributed by atoms with Gasteiger partial charge >= 0.3 is 0 Å². The van der Waals surface area contributed by atoms with Gasteiger partial charge in [-0.3, -0.25) is 0 Å². The SMILES string of the molecule is CN[C@@H](COCC[C@H](C)O)C(O)O. The normalized spacial score (nSPS) is 16.2. The molecule has 0 aliphatic carbocycles. The van der Waals surface area contributed by atoms with Crippen LogP contribution in [0.25, 0.3) is 0 Å². The maximum Gasteiger partial charge on any atom is 0.169 e. The molecule has 0 radical (unpaired) electrons. The molecule has 0 saturated heterocycles. The Labute approximate surface area is 78.3 Å². The molecule has 13 heavy (non-hydrogen) atoms. The van der Waals surface area contributed by atoms with Crippen molar-refractivity contribution < 1.29 is 20.1 Å². The van der Waals surface area contributed by atoms with E-state index >= 15 is 0 Å². The molecule has 0 rings (SSSR count). The van der Waals surface area contributed by atoms with Crippen LogP contribution in [0.3, 0.4) is 0 Å². The Morgan fingerprint density at radius 3 is 2.31 bits per heavy atom. The van der Waals surface area contributed by atoms with Crippen LogP contribution >= 0.6 is 0 Å². The second-order valence-electron chi connectivity index (χ2n) is 3.02. The quantitative estimate of drug-likeness (QED) is 0.297. The minimum absolute atomic E-state index is 0.223. The van der Waals surface area contributed by atoms with E-state index in [9.17, 15) is 0 Å². The van der Waals surface area contributed by atoms with Gasteiger partial charge in [0, 0.05) is 6.61 Å². The monoisotopic (exact) mass is 193 g/mol. The minimum Gasteiger partial charge on any atom is -0.393 e. The van der Waals surface area contributed by atoms with Gasteiger partial charge in [0.15, 0.2) is 6.29 Å². The number of hydrogen-bond acceptors (Lipinski definition) is 5. The number of nitrogens with one attached hydrogen (secondary N) is 1. The summed E-state index contributed by atoms with van der Waals surface area (Å²) in [5.41, 5.74) is 0. The maximum absolute atomic E-state index is 8.89. The minimum atomic E-state index is -1.42. The highest BCUT2D eigenvalue weighted by Crippen LogP contribution is 1.94. The van der Waals surface area contributed by atoms with E-state index in [-0.39, 0.29) is 12.7 Å². The molecule has 0 spiro atoms. The summed E-state index contributed by atoms with van der Waals surface area (Å²) in [5, 5.41) is 29.2. The first-order chi connectivity index (χ1) is 6.07. The smallest absolute Gasteiger partial charge is 0.169 e. The first kappa shape index (κ1) is 12.8. The van der Waals surface area contributed by atoms with Gasteiger partial charge in [-0.15, -0.1) is 0 Å². The van der Waals surface area contributed by atoms with Crippen LogP contribution in [0.2, 0.25) is 0 Å². The van der Waals surface area contributed by atoms with Crippen LogP contribution in [-0.4, -0.2) is 54.0 Å². The van der Waals surface area contributed by atoms with Crippen molar-refractivity contribution in [1.82, 2.24) is 5.32 Å². The van der Waals surface area contributed by atoms with Crippen molar-refractivity contribution in [2.75, 3.05) is 20.3 Å². The molecule has 0 aliphatic rings. The molecule has 0 aromatic carbocycles. The molecule has 0 aromatic rings. The summed E-state index contributed by atoms with van der Waals surface area (Å²) in [6.45, 7) is 2.32. The third kappa shape index (κ3) is 6.92. The lowest BCUT2D eigenvalue weighted by atomic mass is 10.3. The molecule has 0 aliphatic heterocycles. The molecular formula is C8H19NO4. The fourth-order valence-corrected chi connectivity index (χ4v) is 0.783. The predicted octanol–water partition coefficient (Wildman–Crippen LogP) is -1.33. The molecule has 5 nitrogen and oxygen atoms in total. The third-order valence-electron chi connectivity index (χ3n) is 1.71. The Morgan fingerprint density at radius 1 is 1.31 bits per heavy atom. The molecule has 4 N–H and O–H groups in total. The van der Waals surface area contributed by atoms with Crippen molar-refractivity contribution in [1.29, 1.82) is 0 Å². The molecule has 0 heterocycles. The molecule has 0 unspecified atom stereocenters. The third-order valence-corrected chi connectivity index (χ3v) is 1.71. The van der Waals surface area contributed by atoms with Crippen LogP contribution in [0.1, 0.15) is 13.3 Å². The van der Waals surface area contributed by atoms with Crippen LogP contribution in [-0.2, 0) is 4.74 Å². The number of likely N-dealkylation sites (N-methyl/N-ethyl adjacent to an activating group) is 1. The van der Waals surface area contributed by atoms with Crippen LogP contribution in [0, 0.1) is 0 Å². The summed E-state index contributed by atoms with van der Waals surface area (Å²) in [6.07, 6.45) is -1.25. The van der Waals surface area contributed by atoms with E-state index in [1.807, 2.05) is 0 Å². The zero-order chi connectivity index (χ0) is 10.3. The van der Waals surface area contributed by atoms with Crippen LogP contribution in [0.4, 0.5) is 0 Å².